The molecule has 7 nitrogen and oxygen atoms in total. The maximum absolute atomic E-state index is 14.5. The standard InChI is InChI=1S/C40H24F12N2O5/c41-37(42,43)16-9-17(38(44,45)46)12-20(11-16)53-33(56)26-6-5-25-27(31(26)35(53)58)15-28-32(30(25)24-7-8-29(55)23-4-2-1-3-22(23)24)36(59)54(34(28)57)21-13-18(39(47,48)49)10-19(14-21)40(50,51)52/h1-5,7-14,26-28,30-32,55H,6,15H2. The first-order valence-electron chi connectivity index (χ1n) is 17.6. The van der Waals surface area contributed by atoms with Crippen LogP contribution in [0.15, 0.2) is 84.4 Å². The average Bonchev–Trinajstić information content (AvgIpc) is 3.56. The highest BCUT2D eigenvalue weighted by Gasteiger charge is 2.63. The normalized spacial score (nSPS) is 25.1. The molecule has 19 heteroatoms. The van der Waals surface area contributed by atoms with E-state index in [-0.39, 0.29) is 80.3 Å². The average molecular weight is 841 g/mol. The number of carbonyl (C=O) groups is 4. The monoisotopic (exact) mass is 840 g/mol. The fourth-order valence-electron chi connectivity index (χ4n) is 9.16. The van der Waals surface area contributed by atoms with Crippen molar-refractivity contribution in [3.63, 3.8) is 0 Å². The van der Waals surface area contributed by atoms with Crippen LogP contribution in [-0.2, 0) is 43.9 Å². The summed E-state index contributed by atoms with van der Waals surface area (Å²) in [6.45, 7) is 0. The predicted molar refractivity (Wildman–Crippen MR) is 181 cm³/mol. The minimum absolute atomic E-state index is 0.189. The van der Waals surface area contributed by atoms with E-state index in [9.17, 15) is 77.0 Å². The molecule has 4 aromatic carbocycles. The zero-order valence-corrected chi connectivity index (χ0v) is 29.4. The third-order valence-electron chi connectivity index (χ3n) is 11.6. The first kappa shape index (κ1) is 39.9. The molecular weight excluding hydrogens is 816 g/mol. The van der Waals surface area contributed by atoms with Gasteiger partial charge in [-0.2, -0.15) is 52.7 Å². The van der Waals surface area contributed by atoms with Crippen LogP contribution in [-0.4, -0.2) is 28.7 Å². The third kappa shape index (κ3) is 6.39. The lowest BCUT2D eigenvalue weighted by molar-refractivity contribution is -0.144. The number of amides is 4. The summed E-state index contributed by atoms with van der Waals surface area (Å²) < 4.78 is 167. The van der Waals surface area contributed by atoms with Crippen molar-refractivity contribution in [2.45, 2.75) is 43.5 Å². The van der Waals surface area contributed by atoms with Crippen molar-refractivity contribution < 1.29 is 77.0 Å². The minimum atomic E-state index is -5.36. The highest BCUT2D eigenvalue weighted by molar-refractivity contribution is 6.24. The van der Waals surface area contributed by atoms with Gasteiger partial charge in [-0.25, -0.2) is 9.80 Å². The molecule has 4 aromatic rings. The van der Waals surface area contributed by atoms with Crippen LogP contribution in [0.4, 0.5) is 64.1 Å². The second kappa shape index (κ2) is 13.1. The van der Waals surface area contributed by atoms with Crippen LogP contribution in [0.3, 0.4) is 0 Å². The molecule has 3 fully saturated rings. The molecule has 2 saturated heterocycles. The van der Waals surface area contributed by atoms with E-state index in [1.54, 1.807) is 12.1 Å². The Morgan fingerprint density at radius 1 is 0.508 bits per heavy atom. The summed E-state index contributed by atoms with van der Waals surface area (Å²) in [6.07, 6.45) is -20.8. The quantitative estimate of drug-likeness (QED) is 0.126. The Bertz CT molecular complexity index is 2460. The van der Waals surface area contributed by atoms with Gasteiger partial charge in [-0.05, 0) is 72.2 Å². The molecule has 2 aliphatic carbocycles. The number of phenolic OH excluding ortho intramolecular Hbond substituents is 1. The largest absolute Gasteiger partial charge is 0.507 e. The zero-order valence-electron chi connectivity index (χ0n) is 29.4. The van der Waals surface area contributed by atoms with E-state index in [1.807, 2.05) is 0 Å². The number of allylic oxidation sites excluding steroid dienone is 2. The van der Waals surface area contributed by atoms with Crippen LogP contribution in [0, 0.1) is 29.6 Å². The highest BCUT2D eigenvalue weighted by Crippen LogP contribution is 2.60. The molecule has 4 amide bonds. The molecule has 1 saturated carbocycles. The Hall–Kier alpha value is -5.88. The van der Waals surface area contributed by atoms with E-state index in [4.69, 9.17) is 0 Å². The van der Waals surface area contributed by atoms with Gasteiger partial charge < -0.3 is 5.11 Å². The second-order valence-electron chi connectivity index (χ2n) is 14.8. The van der Waals surface area contributed by atoms with E-state index in [0.29, 0.717) is 0 Å². The van der Waals surface area contributed by atoms with Crippen molar-refractivity contribution in [1.29, 1.82) is 0 Å². The van der Waals surface area contributed by atoms with Crippen LogP contribution in [0.25, 0.3) is 10.8 Å². The van der Waals surface area contributed by atoms with Gasteiger partial charge in [-0.1, -0.05) is 42.0 Å². The number of hydrogen-bond donors (Lipinski definition) is 1. The molecule has 0 radical (unpaired) electrons. The van der Waals surface area contributed by atoms with Gasteiger partial charge in [0.2, 0.25) is 23.6 Å². The van der Waals surface area contributed by atoms with Crippen LogP contribution >= 0.6 is 0 Å². The highest BCUT2D eigenvalue weighted by atomic mass is 19.4. The first-order chi connectivity index (χ1) is 27.4. The Kier molecular flexibility index (Phi) is 8.84. The minimum Gasteiger partial charge on any atom is -0.507 e. The summed E-state index contributed by atoms with van der Waals surface area (Å²) in [5.74, 6) is -13.7. The molecule has 8 rings (SSSR count). The van der Waals surface area contributed by atoms with Gasteiger partial charge in [0.15, 0.2) is 0 Å². The number of imide groups is 2. The molecule has 0 bridgehead atoms. The molecule has 59 heavy (non-hydrogen) atoms. The van der Waals surface area contributed by atoms with Crippen molar-refractivity contribution in [3.05, 3.63) is 112 Å². The van der Waals surface area contributed by atoms with Crippen molar-refractivity contribution >= 4 is 45.8 Å². The SMILES string of the molecule is O=C1C2CC=C3C(CC4C(=O)N(c5cc(C(F)(F)F)cc(C(F)(F)F)c5)C(=O)C4C3c3ccc(O)c4ccccc34)C2C(=O)N1c1cc(C(F)(F)F)cc(C(F)(F)F)c1. The van der Waals surface area contributed by atoms with E-state index >= 15 is 0 Å². The summed E-state index contributed by atoms with van der Waals surface area (Å²) in [6, 6.07) is 9.17. The number of rotatable bonds is 3. The molecule has 0 aromatic heterocycles. The van der Waals surface area contributed by atoms with Crippen molar-refractivity contribution in [2.24, 2.45) is 29.6 Å². The van der Waals surface area contributed by atoms with Gasteiger partial charge in [0, 0.05) is 11.3 Å². The van der Waals surface area contributed by atoms with E-state index in [0.717, 1.165) is 0 Å². The summed E-state index contributed by atoms with van der Waals surface area (Å²) in [5.41, 5.74) is -8.90. The number of anilines is 2. The van der Waals surface area contributed by atoms with Gasteiger partial charge in [0.05, 0.1) is 57.3 Å². The number of halogens is 12. The fourth-order valence-corrected chi connectivity index (χ4v) is 9.16. The van der Waals surface area contributed by atoms with Crippen molar-refractivity contribution in [1.82, 2.24) is 0 Å². The molecule has 2 heterocycles. The van der Waals surface area contributed by atoms with Gasteiger partial charge in [0.1, 0.15) is 5.75 Å². The Labute approximate surface area is 323 Å². The maximum atomic E-state index is 14.5. The number of hydrogen-bond acceptors (Lipinski definition) is 5. The lowest BCUT2D eigenvalue weighted by Crippen LogP contribution is -2.43. The van der Waals surface area contributed by atoms with Crippen LogP contribution in [0.1, 0.15) is 46.6 Å². The van der Waals surface area contributed by atoms with Gasteiger partial charge in [-0.3, -0.25) is 19.2 Å². The molecule has 0 spiro atoms. The van der Waals surface area contributed by atoms with Crippen LogP contribution < -0.4 is 9.80 Å². The van der Waals surface area contributed by atoms with Crippen LogP contribution in [0.5, 0.6) is 5.75 Å². The number of phenols is 1. The molecule has 308 valence electrons. The summed E-state index contributed by atoms with van der Waals surface area (Å²) >= 11 is 0. The summed E-state index contributed by atoms with van der Waals surface area (Å²) in [7, 11) is 0. The maximum Gasteiger partial charge on any atom is 0.416 e. The first-order valence-corrected chi connectivity index (χ1v) is 17.6. The molecule has 2 aliphatic heterocycles. The van der Waals surface area contributed by atoms with Gasteiger partial charge in [0.25, 0.3) is 0 Å². The number of carbonyl (C=O) groups excluding carboxylic acids is 4. The number of aromatic hydroxyl groups is 1. The Balaban J connectivity index is 1.28. The Morgan fingerprint density at radius 2 is 0.949 bits per heavy atom. The number of nitrogens with zero attached hydrogens (tertiary/aromatic N) is 2. The molecular formula is C40H24F12N2O5. The lowest BCUT2D eigenvalue weighted by Gasteiger charge is -2.44. The number of benzene rings is 4. The van der Waals surface area contributed by atoms with Crippen molar-refractivity contribution in [3.8, 4) is 5.75 Å². The zero-order chi connectivity index (χ0) is 42.9. The van der Waals surface area contributed by atoms with E-state index in [2.05, 4.69) is 0 Å². The fraction of sp³-hybridized carbons (Fsp3) is 0.300. The van der Waals surface area contributed by atoms with E-state index < -0.39 is 124 Å². The van der Waals surface area contributed by atoms with Gasteiger partial charge in [-0.15, -0.1) is 0 Å². The third-order valence-corrected chi connectivity index (χ3v) is 11.6. The second-order valence-corrected chi connectivity index (χ2v) is 14.8. The summed E-state index contributed by atoms with van der Waals surface area (Å²) in [5, 5.41) is 11.2. The molecule has 1 N–H and O–H groups in total. The lowest BCUT2D eigenvalue weighted by atomic mass is 9.57. The topological polar surface area (TPSA) is 95.0 Å². The molecule has 4 aliphatic rings. The van der Waals surface area contributed by atoms with Crippen molar-refractivity contribution in [2.75, 3.05) is 9.80 Å². The van der Waals surface area contributed by atoms with Crippen LogP contribution in [0.2, 0.25) is 0 Å². The predicted octanol–water partition coefficient (Wildman–Crippen LogP) is 9.67. The summed E-state index contributed by atoms with van der Waals surface area (Å²) in [4.78, 5) is 57.5. The number of alkyl halides is 12. The number of fused-ring (bicyclic) bond motifs is 5. The van der Waals surface area contributed by atoms with E-state index in [1.165, 1.54) is 30.3 Å². The smallest absolute Gasteiger partial charge is 0.416 e. The molecule has 6 atom stereocenters. The molecule has 6 unspecified atom stereocenters. The van der Waals surface area contributed by atoms with Gasteiger partial charge >= 0.3 is 24.7 Å². The Morgan fingerprint density at radius 3 is 1.42 bits per heavy atom.